The number of allylic oxidation sites excluding steroid dienone is 4. The number of carbonyl (C=O) groups excluding carboxylic acids is 3. The lowest BCUT2D eigenvalue weighted by molar-refractivity contribution is -0.170. The first-order valence-electron chi connectivity index (χ1n) is 22.2. The van der Waals surface area contributed by atoms with Crippen molar-refractivity contribution in [3.05, 3.63) is 24.3 Å². The fourth-order valence-corrected chi connectivity index (χ4v) is 6.33. The van der Waals surface area contributed by atoms with Crippen LogP contribution < -0.4 is 0 Å². The van der Waals surface area contributed by atoms with Gasteiger partial charge < -0.3 is 14.2 Å². The molecular formula is C45H84N2O7. The highest BCUT2D eigenvalue weighted by molar-refractivity contribution is 5.80. The van der Waals surface area contributed by atoms with Crippen LogP contribution in [0.2, 0.25) is 0 Å². The number of amides is 1. The Bertz CT molecular complexity index is 939. The predicted molar refractivity (Wildman–Crippen MR) is 223 cm³/mol. The summed E-state index contributed by atoms with van der Waals surface area (Å²) in [4.78, 5) is 39.6. The van der Waals surface area contributed by atoms with Crippen LogP contribution in [0.3, 0.4) is 0 Å². The highest BCUT2D eigenvalue weighted by Crippen LogP contribution is 2.14. The van der Waals surface area contributed by atoms with Crippen molar-refractivity contribution in [3.8, 4) is 0 Å². The molecule has 0 aromatic rings. The highest BCUT2D eigenvalue weighted by Gasteiger charge is 2.25. The standard InChI is InChI=1S/C45H84N2O7/c1-6-9-11-13-15-17-19-21-22-24-25-27-29-31-33-35-43(48)53-40-41(39-52-38-37-42(46(4)5)45(50)47(51)8-3)54-44(49)36-34-32-30-28-26-23-20-18-16-14-12-10-7-2/h15,17,21-22,41-42,51H,6-14,16,18-20,23-40H2,1-5H3/b17-15+,22-21+/t41-,42+/m1/s1. The number of likely N-dealkylation sites (N-methyl/N-ethyl adjacent to an activating group) is 2. The van der Waals surface area contributed by atoms with Gasteiger partial charge in [0.1, 0.15) is 6.61 Å². The maximum Gasteiger partial charge on any atom is 0.306 e. The van der Waals surface area contributed by atoms with Crippen molar-refractivity contribution >= 4 is 17.8 Å². The molecule has 0 aliphatic carbocycles. The summed E-state index contributed by atoms with van der Waals surface area (Å²) < 4.78 is 17.1. The van der Waals surface area contributed by atoms with Crippen molar-refractivity contribution in [1.29, 1.82) is 0 Å². The number of esters is 2. The summed E-state index contributed by atoms with van der Waals surface area (Å²) in [6, 6.07) is -0.548. The minimum atomic E-state index is -0.716. The second-order valence-corrected chi connectivity index (χ2v) is 15.2. The van der Waals surface area contributed by atoms with Gasteiger partial charge in [0.05, 0.1) is 12.6 Å². The van der Waals surface area contributed by atoms with Gasteiger partial charge in [0.15, 0.2) is 6.10 Å². The van der Waals surface area contributed by atoms with E-state index in [1.165, 1.54) is 89.9 Å². The number of carbonyl (C=O) groups is 3. The Morgan fingerprint density at radius 3 is 1.57 bits per heavy atom. The molecule has 0 aliphatic heterocycles. The van der Waals surface area contributed by atoms with Crippen LogP contribution in [-0.2, 0) is 28.6 Å². The zero-order chi connectivity index (χ0) is 39.9. The summed E-state index contributed by atoms with van der Waals surface area (Å²) in [5.41, 5.74) is 0. The lowest BCUT2D eigenvalue weighted by atomic mass is 10.0. The molecule has 54 heavy (non-hydrogen) atoms. The van der Waals surface area contributed by atoms with Gasteiger partial charge >= 0.3 is 11.9 Å². The molecule has 1 N–H and O–H groups in total. The Labute approximate surface area is 332 Å². The van der Waals surface area contributed by atoms with Crippen LogP contribution in [0.1, 0.15) is 194 Å². The zero-order valence-corrected chi connectivity index (χ0v) is 35.7. The van der Waals surface area contributed by atoms with Crippen LogP contribution in [0.4, 0.5) is 0 Å². The van der Waals surface area contributed by atoms with E-state index in [1.54, 1.807) is 25.9 Å². The van der Waals surface area contributed by atoms with E-state index in [2.05, 4.69) is 38.2 Å². The summed E-state index contributed by atoms with van der Waals surface area (Å²) >= 11 is 0. The van der Waals surface area contributed by atoms with E-state index in [0.717, 1.165) is 64.2 Å². The monoisotopic (exact) mass is 765 g/mol. The fraction of sp³-hybridized carbons (Fsp3) is 0.844. The van der Waals surface area contributed by atoms with Crippen LogP contribution in [0.5, 0.6) is 0 Å². The number of hydrogen-bond donors (Lipinski definition) is 1. The van der Waals surface area contributed by atoms with Gasteiger partial charge in [-0.3, -0.25) is 24.5 Å². The van der Waals surface area contributed by atoms with Crippen LogP contribution in [-0.4, -0.2) is 85.6 Å². The first kappa shape index (κ1) is 51.8. The van der Waals surface area contributed by atoms with Crippen molar-refractivity contribution in [1.82, 2.24) is 9.96 Å². The van der Waals surface area contributed by atoms with Crippen LogP contribution in [0, 0.1) is 0 Å². The SMILES string of the molecule is CCCCC/C=C/C/C=C/CCCCCCCC(=O)OC[C@@H](COCC[C@@H](C(=O)N(O)CC)N(C)C)OC(=O)CCCCCCCCCCCCCCC. The molecule has 0 heterocycles. The summed E-state index contributed by atoms with van der Waals surface area (Å²) in [6.07, 6.45) is 37.8. The van der Waals surface area contributed by atoms with Gasteiger partial charge in [0.2, 0.25) is 0 Å². The maximum absolute atomic E-state index is 12.7. The molecule has 9 heteroatoms. The van der Waals surface area contributed by atoms with Crippen LogP contribution in [0.15, 0.2) is 24.3 Å². The predicted octanol–water partition coefficient (Wildman–Crippen LogP) is 11.3. The molecule has 0 saturated carbocycles. The van der Waals surface area contributed by atoms with E-state index in [9.17, 15) is 19.6 Å². The Hall–Kier alpha value is -2.23. The second kappa shape index (κ2) is 39.0. The highest BCUT2D eigenvalue weighted by atomic mass is 16.6. The number of ether oxygens (including phenoxy) is 3. The molecule has 0 unspecified atom stereocenters. The average molecular weight is 765 g/mol. The first-order valence-corrected chi connectivity index (χ1v) is 22.2. The normalized spacial score (nSPS) is 12.9. The zero-order valence-electron chi connectivity index (χ0n) is 35.7. The van der Waals surface area contributed by atoms with Crippen molar-refractivity contribution in [2.24, 2.45) is 0 Å². The van der Waals surface area contributed by atoms with Gasteiger partial charge in [-0.2, -0.15) is 0 Å². The number of nitrogens with zero attached hydrogens (tertiary/aromatic N) is 2. The van der Waals surface area contributed by atoms with Gasteiger partial charge in [-0.15, -0.1) is 0 Å². The molecule has 1 amide bonds. The molecule has 0 aliphatic rings. The van der Waals surface area contributed by atoms with Gasteiger partial charge in [0, 0.05) is 26.0 Å². The quantitative estimate of drug-likeness (QED) is 0.0217. The minimum absolute atomic E-state index is 0.0558. The summed E-state index contributed by atoms with van der Waals surface area (Å²) in [5, 5.41) is 10.6. The van der Waals surface area contributed by atoms with Gasteiger partial charge in [-0.25, -0.2) is 5.06 Å². The molecule has 0 spiro atoms. The van der Waals surface area contributed by atoms with Gasteiger partial charge in [-0.1, -0.05) is 147 Å². The molecule has 0 radical (unpaired) electrons. The molecule has 0 rings (SSSR count). The lowest BCUT2D eigenvalue weighted by Crippen LogP contribution is -2.45. The molecule has 0 bridgehead atoms. The molecule has 0 aromatic carbocycles. The number of hydrogen-bond acceptors (Lipinski definition) is 8. The third kappa shape index (κ3) is 33.1. The van der Waals surface area contributed by atoms with E-state index >= 15 is 0 Å². The Kier molecular flexibility index (Phi) is 37.4. The fourth-order valence-electron chi connectivity index (χ4n) is 6.33. The second-order valence-electron chi connectivity index (χ2n) is 15.2. The third-order valence-electron chi connectivity index (χ3n) is 9.85. The van der Waals surface area contributed by atoms with E-state index < -0.39 is 18.1 Å². The minimum Gasteiger partial charge on any atom is -0.462 e. The first-order chi connectivity index (χ1) is 26.3. The van der Waals surface area contributed by atoms with Crippen molar-refractivity contribution in [2.75, 3.05) is 40.5 Å². The van der Waals surface area contributed by atoms with Crippen LogP contribution in [0.25, 0.3) is 0 Å². The largest absolute Gasteiger partial charge is 0.462 e. The Morgan fingerprint density at radius 1 is 0.593 bits per heavy atom. The summed E-state index contributed by atoms with van der Waals surface area (Å²) in [5.74, 6) is -0.995. The third-order valence-corrected chi connectivity index (χ3v) is 9.85. The lowest BCUT2D eigenvalue weighted by Gasteiger charge is -2.26. The smallest absolute Gasteiger partial charge is 0.306 e. The Morgan fingerprint density at radius 2 is 1.06 bits per heavy atom. The maximum atomic E-state index is 12.7. The van der Waals surface area contributed by atoms with Gasteiger partial charge in [0.25, 0.3) is 5.91 Å². The number of hydroxylamine groups is 2. The number of unbranched alkanes of at least 4 members (excludes halogenated alkanes) is 20. The van der Waals surface area contributed by atoms with Crippen LogP contribution >= 0.6 is 0 Å². The van der Waals surface area contributed by atoms with Crippen molar-refractivity contribution < 1.29 is 33.8 Å². The molecule has 2 atom stereocenters. The number of rotatable bonds is 39. The van der Waals surface area contributed by atoms with E-state index in [0.29, 0.717) is 24.3 Å². The molecule has 316 valence electrons. The van der Waals surface area contributed by atoms with Crippen molar-refractivity contribution in [2.45, 2.75) is 206 Å². The van der Waals surface area contributed by atoms with Crippen molar-refractivity contribution in [3.63, 3.8) is 0 Å². The molecule has 0 saturated heterocycles. The molecule has 0 aromatic heterocycles. The summed E-state index contributed by atoms with van der Waals surface area (Å²) in [7, 11) is 3.56. The van der Waals surface area contributed by atoms with E-state index in [4.69, 9.17) is 14.2 Å². The summed E-state index contributed by atoms with van der Waals surface area (Å²) in [6.45, 7) is 6.61. The molecular weight excluding hydrogens is 681 g/mol. The molecule has 9 nitrogen and oxygen atoms in total. The van der Waals surface area contributed by atoms with E-state index in [-0.39, 0.29) is 38.3 Å². The van der Waals surface area contributed by atoms with E-state index in [1.807, 2.05) is 0 Å². The Balaban J connectivity index is 4.49. The topological polar surface area (TPSA) is 106 Å². The average Bonchev–Trinajstić information content (AvgIpc) is 3.16. The van der Waals surface area contributed by atoms with Gasteiger partial charge in [-0.05, 0) is 72.4 Å². The molecule has 0 fully saturated rings.